The van der Waals surface area contributed by atoms with Crippen LogP contribution in [0.15, 0.2) is 12.1 Å². The summed E-state index contributed by atoms with van der Waals surface area (Å²) in [5, 5.41) is 0. The maximum atomic E-state index is 14.0. The van der Waals surface area contributed by atoms with Crippen molar-refractivity contribution in [1.29, 1.82) is 0 Å². The Morgan fingerprint density at radius 1 is 0.920 bits per heavy atom. The molecule has 0 saturated heterocycles. The summed E-state index contributed by atoms with van der Waals surface area (Å²) in [6.07, 6.45) is 10.6. The van der Waals surface area contributed by atoms with E-state index in [0.717, 1.165) is 44.9 Å². The molecule has 0 aromatic heterocycles. The van der Waals surface area contributed by atoms with Crippen LogP contribution < -0.4 is 10.5 Å². The zero-order valence-electron chi connectivity index (χ0n) is 16.1. The Labute approximate surface area is 152 Å². The zero-order chi connectivity index (χ0) is 18.7. The minimum atomic E-state index is -0.880. The van der Waals surface area contributed by atoms with Gasteiger partial charge >= 0.3 is 0 Å². The molecule has 0 aliphatic carbocycles. The normalized spacial score (nSPS) is 13.7. The Kier molecular flexibility index (Phi) is 10.7. The van der Waals surface area contributed by atoms with Crippen molar-refractivity contribution in [2.75, 3.05) is 7.11 Å². The van der Waals surface area contributed by atoms with E-state index < -0.39 is 11.6 Å². The molecule has 0 heterocycles. The Morgan fingerprint density at radius 2 is 1.60 bits per heavy atom. The second-order valence-electron chi connectivity index (χ2n) is 7.08. The Balaban J connectivity index is 2.43. The van der Waals surface area contributed by atoms with Crippen molar-refractivity contribution in [2.24, 2.45) is 11.7 Å². The van der Waals surface area contributed by atoms with Crippen LogP contribution in [0.3, 0.4) is 0 Å². The van der Waals surface area contributed by atoms with Crippen LogP contribution in [0.5, 0.6) is 5.75 Å². The van der Waals surface area contributed by atoms with Crippen molar-refractivity contribution >= 4 is 0 Å². The molecule has 0 aliphatic rings. The number of methoxy groups -OCH3 is 1. The van der Waals surface area contributed by atoms with Crippen LogP contribution in [-0.4, -0.2) is 13.2 Å². The summed E-state index contributed by atoms with van der Waals surface area (Å²) in [6.45, 7) is 4.37. The van der Waals surface area contributed by atoms with Crippen LogP contribution in [0.4, 0.5) is 8.78 Å². The summed E-state index contributed by atoms with van der Waals surface area (Å²) in [7, 11) is 1.35. The van der Waals surface area contributed by atoms with Crippen molar-refractivity contribution in [3.63, 3.8) is 0 Å². The molecule has 2 unspecified atom stereocenters. The minimum Gasteiger partial charge on any atom is -0.494 e. The molecule has 2 N–H and O–H groups in total. The maximum absolute atomic E-state index is 14.0. The number of hydrogen-bond acceptors (Lipinski definition) is 2. The predicted octanol–water partition coefficient (Wildman–Crippen LogP) is 6.01. The van der Waals surface area contributed by atoms with Gasteiger partial charge in [-0.2, -0.15) is 4.39 Å². The predicted molar refractivity (Wildman–Crippen MR) is 101 cm³/mol. The van der Waals surface area contributed by atoms with Crippen LogP contribution in [0.1, 0.15) is 77.2 Å². The first kappa shape index (κ1) is 21.9. The van der Waals surface area contributed by atoms with E-state index in [1.165, 1.54) is 26.0 Å². The van der Waals surface area contributed by atoms with Gasteiger partial charge in [-0.15, -0.1) is 0 Å². The number of aryl methyl sites for hydroxylation is 1. The summed E-state index contributed by atoms with van der Waals surface area (Å²) in [5.41, 5.74) is 6.53. The van der Waals surface area contributed by atoms with E-state index in [1.54, 1.807) is 6.07 Å². The average Bonchev–Trinajstić information content (AvgIpc) is 2.59. The fourth-order valence-corrected chi connectivity index (χ4v) is 3.53. The molecule has 4 heteroatoms. The second-order valence-corrected chi connectivity index (χ2v) is 7.08. The number of halogens is 2. The SMILES string of the molecule is CCCC(N)CCCC(CCC)CCCc1ccc(OC)c(F)c1F. The molecule has 2 atom stereocenters. The maximum Gasteiger partial charge on any atom is 0.200 e. The summed E-state index contributed by atoms with van der Waals surface area (Å²) in [4.78, 5) is 0. The molecule has 2 nitrogen and oxygen atoms in total. The first-order valence-corrected chi connectivity index (χ1v) is 9.79. The third-order valence-corrected chi connectivity index (χ3v) is 4.95. The Bertz CT molecular complexity index is 493. The van der Waals surface area contributed by atoms with Gasteiger partial charge in [-0.05, 0) is 43.2 Å². The summed E-state index contributed by atoms with van der Waals surface area (Å²) in [6, 6.07) is 3.46. The van der Waals surface area contributed by atoms with Crippen LogP contribution >= 0.6 is 0 Å². The lowest BCUT2D eigenvalue weighted by atomic mass is 9.90. The molecule has 0 aliphatic heterocycles. The topological polar surface area (TPSA) is 35.2 Å². The smallest absolute Gasteiger partial charge is 0.200 e. The molecule has 1 aromatic carbocycles. The van der Waals surface area contributed by atoms with Gasteiger partial charge in [0, 0.05) is 6.04 Å². The largest absolute Gasteiger partial charge is 0.494 e. The first-order valence-electron chi connectivity index (χ1n) is 9.79. The van der Waals surface area contributed by atoms with Crippen molar-refractivity contribution in [3.8, 4) is 5.75 Å². The molecule has 0 amide bonds. The Hall–Kier alpha value is -1.16. The molecular formula is C21H35F2NO. The van der Waals surface area contributed by atoms with E-state index in [0.29, 0.717) is 23.9 Å². The molecule has 0 radical (unpaired) electrons. The van der Waals surface area contributed by atoms with Gasteiger partial charge < -0.3 is 10.5 Å². The minimum absolute atomic E-state index is 0.0338. The molecule has 144 valence electrons. The van der Waals surface area contributed by atoms with E-state index in [-0.39, 0.29) is 5.75 Å². The highest BCUT2D eigenvalue weighted by molar-refractivity contribution is 5.31. The molecule has 0 spiro atoms. The summed E-state index contributed by atoms with van der Waals surface area (Å²) in [5.74, 6) is -1.02. The molecule has 0 saturated carbocycles. The van der Waals surface area contributed by atoms with Crippen molar-refractivity contribution < 1.29 is 13.5 Å². The molecule has 1 rings (SSSR count). The standard InChI is InChI=1S/C21H35F2NO/c1-4-8-16(11-7-13-18(24)9-5-2)10-6-12-17-14-15-19(25-3)21(23)20(17)22/h14-16,18H,4-13,24H2,1-3H3. The molecule has 25 heavy (non-hydrogen) atoms. The lowest BCUT2D eigenvalue weighted by molar-refractivity contribution is 0.366. The number of benzene rings is 1. The molecule has 1 aromatic rings. The van der Waals surface area contributed by atoms with E-state index in [1.807, 2.05) is 0 Å². The van der Waals surface area contributed by atoms with E-state index in [9.17, 15) is 8.78 Å². The first-order chi connectivity index (χ1) is 12.0. The van der Waals surface area contributed by atoms with Gasteiger partial charge in [-0.25, -0.2) is 4.39 Å². The fraction of sp³-hybridized carbons (Fsp3) is 0.714. The van der Waals surface area contributed by atoms with Gasteiger partial charge in [0.15, 0.2) is 11.6 Å². The fourth-order valence-electron chi connectivity index (χ4n) is 3.53. The van der Waals surface area contributed by atoms with Gasteiger partial charge in [-0.3, -0.25) is 0 Å². The van der Waals surface area contributed by atoms with Crippen molar-refractivity contribution in [1.82, 2.24) is 0 Å². The highest BCUT2D eigenvalue weighted by atomic mass is 19.2. The van der Waals surface area contributed by atoms with Crippen LogP contribution in [-0.2, 0) is 6.42 Å². The molecule has 0 bridgehead atoms. The monoisotopic (exact) mass is 355 g/mol. The number of rotatable bonds is 13. The van der Waals surface area contributed by atoms with Crippen LogP contribution in [0, 0.1) is 17.6 Å². The number of nitrogens with two attached hydrogens (primary N) is 1. The van der Waals surface area contributed by atoms with Gasteiger partial charge in [0.25, 0.3) is 0 Å². The molecule has 0 fully saturated rings. The van der Waals surface area contributed by atoms with Crippen LogP contribution in [0.25, 0.3) is 0 Å². The Morgan fingerprint density at radius 3 is 2.24 bits per heavy atom. The van der Waals surface area contributed by atoms with Gasteiger partial charge in [0.2, 0.25) is 5.82 Å². The highest BCUT2D eigenvalue weighted by Gasteiger charge is 2.15. The van der Waals surface area contributed by atoms with Gasteiger partial charge in [0.1, 0.15) is 0 Å². The highest BCUT2D eigenvalue weighted by Crippen LogP contribution is 2.26. The van der Waals surface area contributed by atoms with Crippen molar-refractivity contribution in [2.45, 2.75) is 84.1 Å². The lowest BCUT2D eigenvalue weighted by Gasteiger charge is -2.18. The third kappa shape index (κ3) is 7.72. The zero-order valence-corrected chi connectivity index (χ0v) is 16.1. The second kappa shape index (κ2) is 12.2. The summed E-state index contributed by atoms with van der Waals surface area (Å²) >= 11 is 0. The van der Waals surface area contributed by atoms with E-state index in [2.05, 4.69) is 13.8 Å². The third-order valence-electron chi connectivity index (χ3n) is 4.95. The van der Waals surface area contributed by atoms with Crippen LogP contribution in [0.2, 0.25) is 0 Å². The van der Waals surface area contributed by atoms with Gasteiger partial charge in [-0.1, -0.05) is 58.4 Å². The number of ether oxygens (including phenoxy) is 1. The van der Waals surface area contributed by atoms with Gasteiger partial charge in [0.05, 0.1) is 7.11 Å². The van der Waals surface area contributed by atoms with E-state index >= 15 is 0 Å². The lowest BCUT2D eigenvalue weighted by Crippen LogP contribution is -2.19. The summed E-state index contributed by atoms with van der Waals surface area (Å²) < 4.78 is 32.6. The number of hydrogen-bond donors (Lipinski definition) is 1. The van der Waals surface area contributed by atoms with E-state index in [4.69, 9.17) is 10.5 Å². The average molecular weight is 356 g/mol. The molecular weight excluding hydrogens is 320 g/mol. The van der Waals surface area contributed by atoms with Crippen molar-refractivity contribution in [3.05, 3.63) is 29.3 Å². The quantitative estimate of drug-likeness (QED) is 0.470.